The third-order valence-electron chi connectivity index (χ3n) is 12.3. The molecule has 3 amide bonds. The molecule has 61 heavy (non-hydrogen) atoms. The van der Waals surface area contributed by atoms with Crippen LogP contribution >= 0.6 is 0 Å². The number of aliphatic hydroxyl groups is 2. The fraction of sp³-hybridized carbons (Fsp3) is 0.522. The highest BCUT2D eigenvalue weighted by Crippen LogP contribution is 2.60. The Labute approximate surface area is 359 Å². The highest BCUT2D eigenvalue weighted by Gasteiger charge is 2.66. The topological polar surface area (TPSA) is 178 Å². The number of aliphatic hydroxyl groups excluding tert-OH is 2. The average molecular weight is 859 g/mol. The van der Waals surface area contributed by atoms with Gasteiger partial charge in [-0.15, -0.1) is 0 Å². The second-order valence-electron chi connectivity index (χ2n) is 16.8. The van der Waals surface area contributed by atoms with Crippen LogP contribution in [0.5, 0.6) is 5.75 Å². The lowest BCUT2D eigenvalue weighted by Gasteiger charge is -2.36. The van der Waals surface area contributed by atoms with Gasteiger partial charge in [-0.05, 0) is 106 Å². The Balaban J connectivity index is 1.42. The van der Waals surface area contributed by atoms with E-state index in [0.717, 1.165) is 11.1 Å². The molecule has 15 heteroatoms. The Morgan fingerprint density at radius 2 is 1.74 bits per heavy atom. The summed E-state index contributed by atoms with van der Waals surface area (Å²) in [5.74, 6) is -1.00. The molecule has 1 spiro atoms. The quantitative estimate of drug-likeness (QED) is 0.0688. The highest BCUT2D eigenvalue weighted by atomic mass is 28.4. The lowest BCUT2D eigenvalue weighted by Crippen LogP contribution is -2.49. The molecule has 0 aliphatic carbocycles. The number of carbonyl (C=O) groups is 4. The smallest absolute Gasteiger partial charge is 0.305 e. The molecule has 4 N–H and O–H groups in total. The van der Waals surface area contributed by atoms with Crippen molar-refractivity contribution in [3.05, 3.63) is 83.4 Å². The zero-order valence-electron chi connectivity index (χ0n) is 36.1. The number of nitrogens with zero attached hydrogens (tertiary/aromatic N) is 3. The summed E-state index contributed by atoms with van der Waals surface area (Å²) in [6.45, 7) is 8.93. The van der Waals surface area contributed by atoms with Crippen molar-refractivity contribution in [1.29, 1.82) is 0 Å². The van der Waals surface area contributed by atoms with Gasteiger partial charge < -0.3 is 44.3 Å². The number of hydrogen-bond acceptors (Lipinski definition) is 11. The molecule has 0 saturated carbocycles. The van der Waals surface area contributed by atoms with Gasteiger partial charge in [0, 0.05) is 55.4 Å². The molecule has 3 aromatic rings. The van der Waals surface area contributed by atoms with Gasteiger partial charge in [0.05, 0.1) is 50.3 Å². The second-order valence-corrected chi connectivity index (χ2v) is 20.8. The van der Waals surface area contributed by atoms with Crippen molar-refractivity contribution >= 4 is 49.1 Å². The van der Waals surface area contributed by atoms with Crippen molar-refractivity contribution in [3.8, 4) is 5.75 Å². The second kappa shape index (κ2) is 20.0. The Morgan fingerprint density at radius 1 is 0.984 bits per heavy atom. The van der Waals surface area contributed by atoms with Gasteiger partial charge >= 0.3 is 5.97 Å². The first-order chi connectivity index (χ1) is 29.3. The molecule has 0 bridgehead atoms. The number of nitrogens with one attached hydrogen (secondary N) is 1. The van der Waals surface area contributed by atoms with E-state index in [4.69, 9.17) is 14.2 Å². The van der Waals surface area contributed by atoms with E-state index >= 15 is 4.79 Å². The summed E-state index contributed by atoms with van der Waals surface area (Å²) in [7, 11) is -1.83. The number of benzene rings is 3. The molecule has 1 saturated heterocycles. The molecule has 3 aliphatic rings. The van der Waals surface area contributed by atoms with E-state index in [-0.39, 0.29) is 69.4 Å². The van der Waals surface area contributed by atoms with E-state index < -0.39 is 37.5 Å². The number of anilines is 3. The summed E-state index contributed by atoms with van der Waals surface area (Å²) in [6, 6.07) is 20.1. The molecule has 3 aliphatic heterocycles. The maximum atomic E-state index is 15.2. The summed E-state index contributed by atoms with van der Waals surface area (Å²) in [4.78, 5) is 72.9. The third kappa shape index (κ3) is 9.72. The van der Waals surface area contributed by atoms with Gasteiger partial charge in [-0.2, -0.15) is 0 Å². The number of fused-ring (bicyclic) bond motifs is 3. The summed E-state index contributed by atoms with van der Waals surface area (Å²) < 4.78 is 17.8. The van der Waals surface area contributed by atoms with Crippen molar-refractivity contribution in [2.75, 3.05) is 56.4 Å². The summed E-state index contributed by atoms with van der Waals surface area (Å²) in [5, 5.41) is 22.8. The van der Waals surface area contributed by atoms with Crippen LogP contribution in [0.4, 0.5) is 17.1 Å². The van der Waals surface area contributed by atoms with Crippen molar-refractivity contribution < 1.29 is 48.4 Å². The Kier molecular flexibility index (Phi) is 15.1. The lowest BCUT2D eigenvalue weighted by molar-refractivity contribution is -0.150. The fourth-order valence-corrected chi connectivity index (χ4v) is 12.1. The van der Waals surface area contributed by atoms with Crippen LogP contribution in [0.2, 0.25) is 18.6 Å². The minimum absolute atomic E-state index is 0.0613. The first kappa shape index (κ1) is 45.9. The summed E-state index contributed by atoms with van der Waals surface area (Å²) in [5.41, 5.74) is 2.00. The van der Waals surface area contributed by atoms with Crippen LogP contribution in [0.3, 0.4) is 0 Å². The zero-order chi connectivity index (χ0) is 43.9. The molecular formula is C46H62N4O10Si. The van der Waals surface area contributed by atoms with Crippen LogP contribution in [0, 0.1) is 5.92 Å². The third-order valence-corrected chi connectivity index (χ3v) is 14.8. The number of unbranched alkanes of at least 4 members (excludes halogenated alkanes) is 2. The van der Waals surface area contributed by atoms with Crippen LogP contribution in [-0.4, -0.2) is 111 Å². The number of rotatable bonds is 20. The van der Waals surface area contributed by atoms with Crippen molar-refractivity contribution in [2.24, 2.45) is 5.92 Å². The van der Waals surface area contributed by atoms with Crippen molar-refractivity contribution in [2.45, 2.75) is 102 Å². The number of hydrogen-bond donors (Lipinski definition) is 4. The van der Waals surface area contributed by atoms with E-state index in [1.807, 2.05) is 80.6 Å². The Morgan fingerprint density at radius 3 is 2.43 bits per heavy atom. The number of methoxy groups -OCH3 is 1. The van der Waals surface area contributed by atoms with E-state index in [1.165, 1.54) is 7.11 Å². The van der Waals surface area contributed by atoms with Crippen molar-refractivity contribution in [3.63, 3.8) is 0 Å². The van der Waals surface area contributed by atoms with Gasteiger partial charge in [-0.25, -0.2) is 0 Å². The largest absolute Gasteiger partial charge is 0.494 e. The number of esters is 1. The molecule has 6 rings (SSSR count). The maximum Gasteiger partial charge on any atom is 0.305 e. The lowest BCUT2D eigenvalue weighted by atomic mass is 9.82. The van der Waals surface area contributed by atoms with E-state index in [0.29, 0.717) is 73.6 Å². The molecular weight excluding hydrogens is 797 g/mol. The molecule has 1 unspecified atom stereocenters. The van der Waals surface area contributed by atoms with E-state index in [2.05, 4.69) is 5.32 Å². The molecule has 14 nitrogen and oxygen atoms in total. The molecule has 0 aromatic heterocycles. The summed E-state index contributed by atoms with van der Waals surface area (Å²) >= 11 is 0. The standard InChI is InChI=1S/C46H62N4O10Si/c1-6-59-35-18-20-38-33(26-35)27-37(47-21-11-13-24-51)44(55)50(38)34-17-19-39-36(28-34)46(45(56)49(39)22-12-10-16-42(54)58-3)31(2)43(61(4,5)57)40(60-46)29-41(53)48(23-25-52)30-32-14-8-7-9-15-32/h7-9,14-15,17-20,26,28,31,37,40,43,47,51-52,57H,6,10-13,16,21-25,27,29-30H2,1-5H3/t31-,37?,40+,43-,46+/m0/s1. The molecule has 0 radical (unpaired) electrons. The van der Waals surface area contributed by atoms with E-state index in [1.54, 1.807) is 27.8 Å². The summed E-state index contributed by atoms with van der Waals surface area (Å²) in [6.07, 6.45) is 1.96. The molecule has 3 aromatic carbocycles. The fourth-order valence-electron chi connectivity index (χ4n) is 9.51. The van der Waals surface area contributed by atoms with Crippen molar-refractivity contribution in [1.82, 2.24) is 10.2 Å². The normalized spacial score (nSPS) is 22.1. The van der Waals surface area contributed by atoms with Gasteiger partial charge in [-0.3, -0.25) is 24.1 Å². The van der Waals surface area contributed by atoms with Gasteiger partial charge in [-0.1, -0.05) is 37.3 Å². The zero-order valence-corrected chi connectivity index (χ0v) is 37.1. The van der Waals surface area contributed by atoms with Crippen LogP contribution in [0.1, 0.15) is 69.1 Å². The first-order valence-corrected chi connectivity index (χ1v) is 24.6. The van der Waals surface area contributed by atoms with Gasteiger partial charge in [0.2, 0.25) is 11.8 Å². The van der Waals surface area contributed by atoms with Crippen LogP contribution < -0.4 is 19.9 Å². The number of amides is 3. The number of ether oxygens (including phenoxy) is 3. The Bertz CT molecular complexity index is 2030. The molecule has 330 valence electrons. The van der Waals surface area contributed by atoms with Gasteiger partial charge in [0.25, 0.3) is 5.91 Å². The average Bonchev–Trinajstić information content (AvgIpc) is 3.66. The predicted octanol–water partition coefficient (Wildman–Crippen LogP) is 4.94. The monoisotopic (exact) mass is 858 g/mol. The maximum absolute atomic E-state index is 15.2. The molecule has 3 heterocycles. The van der Waals surface area contributed by atoms with Crippen LogP contribution in [-0.2, 0) is 47.2 Å². The van der Waals surface area contributed by atoms with Crippen LogP contribution in [0.15, 0.2) is 66.7 Å². The van der Waals surface area contributed by atoms with Gasteiger partial charge in [0.15, 0.2) is 13.9 Å². The number of carbonyl (C=O) groups excluding carboxylic acids is 4. The SMILES string of the molecule is CCOc1ccc2c(c1)CC(NCCCCO)C(=O)N2c1ccc2c(c1)[C@@]1(O[C@H](CC(=O)N(CCO)Cc3ccccc3)[C@@H]([Si](C)(C)O)[C@@H]1C)C(=O)N2CCCCC(=O)OC. The predicted molar refractivity (Wildman–Crippen MR) is 234 cm³/mol. The Hall–Kier alpha value is -4.64. The van der Waals surface area contributed by atoms with E-state index in [9.17, 15) is 29.4 Å². The minimum atomic E-state index is -3.17. The molecule has 5 atom stereocenters. The first-order valence-electron chi connectivity index (χ1n) is 21.6. The van der Waals surface area contributed by atoms with Gasteiger partial charge in [0.1, 0.15) is 5.75 Å². The van der Waals surface area contributed by atoms with Crippen LogP contribution in [0.25, 0.3) is 0 Å². The molecule has 1 fully saturated rings. The highest BCUT2D eigenvalue weighted by molar-refractivity contribution is 6.71. The minimum Gasteiger partial charge on any atom is -0.494 e.